The molecule has 0 amide bonds. The number of nitriles is 1. The fraction of sp³-hybridized carbons (Fsp3) is 0.118. The van der Waals surface area contributed by atoms with Crippen LogP contribution in [0, 0.1) is 11.3 Å². The van der Waals surface area contributed by atoms with Gasteiger partial charge in [-0.3, -0.25) is 0 Å². The Kier molecular flexibility index (Phi) is 4.07. The highest BCUT2D eigenvalue weighted by atomic mass is 16.3. The molecular formula is C17H15NO2. The molecule has 3 nitrogen and oxygen atoms in total. The first-order chi connectivity index (χ1) is 9.65. The lowest BCUT2D eigenvalue weighted by atomic mass is 9.82. The van der Waals surface area contributed by atoms with Crippen LogP contribution in [-0.4, -0.2) is 10.2 Å². The van der Waals surface area contributed by atoms with Crippen LogP contribution in [0.1, 0.15) is 23.0 Å². The van der Waals surface area contributed by atoms with E-state index < -0.39 is 5.92 Å². The van der Waals surface area contributed by atoms with Crippen molar-refractivity contribution in [2.24, 2.45) is 0 Å². The molecular weight excluding hydrogens is 250 g/mol. The van der Waals surface area contributed by atoms with E-state index in [1.165, 1.54) is 0 Å². The molecule has 0 heterocycles. The van der Waals surface area contributed by atoms with Gasteiger partial charge < -0.3 is 10.2 Å². The number of benzene rings is 2. The largest absolute Gasteiger partial charge is 0.508 e. The number of allylic oxidation sites excluding steroid dienone is 1. The van der Waals surface area contributed by atoms with Crippen LogP contribution in [0.4, 0.5) is 0 Å². The maximum atomic E-state index is 9.46. The summed E-state index contributed by atoms with van der Waals surface area (Å²) in [6.07, 6.45) is 1.73. The second-order valence-electron chi connectivity index (χ2n) is 4.55. The standard InChI is InChI=1S/C17H15NO2/c1-2-16(12-3-7-14(19)8-4-12)17(11-18)13-5-9-15(20)10-6-13/h2-10,16-17,19-20H,1H2/t16-,17+/m0/s1. The molecule has 0 saturated heterocycles. The number of hydrogen-bond acceptors (Lipinski definition) is 3. The summed E-state index contributed by atoms with van der Waals surface area (Å²) in [6.45, 7) is 3.81. The van der Waals surface area contributed by atoms with Crippen LogP contribution in [0.2, 0.25) is 0 Å². The Morgan fingerprint density at radius 3 is 1.75 bits per heavy atom. The van der Waals surface area contributed by atoms with Gasteiger partial charge in [0.15, 0.2) is 0 Å². The number of phenolic OH excluding ortho intramolecular Hbond substituents is 2. The molecule has 0 aliphatic rings. The maximum absolute atomic E-state index is 9.46. The molecule has 3 heteroatoms. The van der Waals surface area contributed by atoms with Gasteiger partial charge in [0.2, 0.25) is 0 Å². The molecule has 0 aliphatic heterocycles. The SMILES string of the molecule is C=C[C@@H](c1ccc(O)cc1)[C@H](C#N)c1ccc(O)cc1. The lowest BCUT2D eigenvalue weighted by molar-refractivity contribution is 0.474. The maximum Gasteiger partial charge on any atom is 0.115 e. The molecule has 0 fully saturated rings. The Bertz CT molecular complexity index is 624. The molecule has 20 heavy (non-hydrogen) atoms. The molecule has 2 atom stereocenters. The molecule has 0 bridgehead atoms. The summed E-state index contributed by atoms with van der Waals surface area (Å²) in [5.41, 5.74) is 1.74. The van der Waals surface area contributed by atoms with E-state index >= 15 is 0 Å². The van der Waals surface area contributed by atoms with Crippen LogP contribution in [0.25, 0.3) is 0 Å². The molecule has 0 aromatic heterocycles. The topological polar surface area (TPSA) is 64.2 Å². The Balaban J connectivity index is 2.38. The van der Waals surface area contributed by atoms with Gasteiger partial charge in [0.25, 0.3) is 0 Å². The summed E-state index contributed by atoms with van der Waals surface area (Å²) >= 11 is 0. The highest BCUT2D eigenvalue weighted by molar-refractivity contribution is 5.39. The van der Waals surface area contributed by atoms with Crippen molar-refractivity contribution in [3.8, 4) is 17.6 Å². The quantitative estimate of drug-likeness (QED) is 0.829. The van der Waals surface area contributed by atoms with Crippen molar-refractivity contribution in [2.75, 3.05) is 0 Å². The lowest BCUT2D eigenvalue weighted by Gasteiger charge is -2.19. The molecule has 0 radical (unpaired) electrons. The monoisotopic (exact) mass is 265 g/mol. The van der Waals surface area contributed by atoms with Crippen LogP contribution in [0.3, 0.4) is 0 Å². The van der Waals surface area contributed by atoms with E-state index in [1.807, 2.05) is 0 Å². The first kappa shape index (κ1) is 13.7. The van der Waals surface area contributed by atoms with Crippen LogP contribution >= 0.6 is 0 Å². The Labute approximate surface area is 118 Å². The number of hydrogen-bond donors (Lipinski definition) is 2. The van der Waals surface area contributed by atoms with Crippen molar-refractivity contribution in [3.05, 3.63) is 72.3 Å². The number of rotatable bonds is 4. The third-order valence-corrected chi connectivity index (χ3v) is 3.28. The molecule has 2 rings (SSSR count). The Morgan fingerprint density at radius 1 is 0.900 bits per heavy atom. The molecule has 0 aliphatic carbocycles. The van der Waals surface area contributed by atoms with E-state index in [2.05, 4.69) is 12.6 Å². The van der Waals surface area contributed by atoms with E-state index in [0.717, 1.165) is 11.1 Å². The van der Waals surface area contributed by atoms with Crippen molar-refractivity contribution >= 4 is 0 Å². The van der Waals surface area contributed by atoms with Crippen LogP contribution in [0.15, 0.2) is 61.2 Å². The van der Waals surface area contributed by atoms with Crippen LogP contribution < -0.4 is 0 Å². The van der Waals surface area contributed by atoms with Crippen molar-refractivity contribution in [2.45, 2.75) is 11.8 Å². The molecule has 0 spiro atoms. The highest BCUT2D eigenvalue weighted by Gasteiger charge is 2.22. The van der Waals surface area contributed by atoms with Crippen molar-refractivity contribution in [3.63, 3.8) is 0 Å². The molecule has 0 unspecified atom stereocenters. The fourth-order valence-electron chi connectivity index (χ4n) is 2.20. The van der Waals surface area contributed by atoms with Crippen LogP contribution in [0.5, 0.6) is 11.5 Å². The van der Waals surface area contributed by atoms with Gasteiger partial charge in [-0.1, -0.05) is 30.3 Å². The minimum Gasteiger partial charge on any atom is -0.508 e. The summed E-state index contributed by atoms with van der Waals surface area (Å²) in [4.78, 5) is 0. The van der Waals surface area contributed by atoms with E-state index in [0.29, 0.717) is 0 Å². The van der Waals surface area contributed by atoms with Gasteiger partial charge in [0.1, 0.15) is 11.5 Å². The minimum atomic E-state index is -0.391. The second-order valence-corrected chi connectivity index (χ2v) is 4.55. The smallest absolute Gasteiger partial charge is 0.115 e. The van der Waals surface area contributed by atoms with Gasteiger partial charge in [-0.15, -0.1) is 6.58 Å². The summed E-state index contributed by atoms with van der Waals surface area (Å²) in [6, 6.07) is 15.6. The summed E-state index contributed by atoms with van der Waals surface area (Å²) in [5, 5.41) is 28.1. The van der Waals surface area contributed by atoms with Gasteiger partial charge >= 0.3 is 0 Å². The van der Waals surface area contributed by atoms with Gasteiger partial charge in [-0.2, -0.15) is 5.26 Å². The van der Waals surface area contributed by atoms with E-state index in [-0.39, 0.29) is 17.4 Å². The molecule has 2 N–H and O–H groups in total. The van der Waals surface area contributed by atoms with E-state index in [1.54, 1.807) is 54.6 Å². The average molecular weight is 265 g/mol. The molecule has 0 saturated carbocycles. The Morgan fingerprint density at radius 2 is 1.35 bits per heavy atom. The zero-order valence-electron chi connectivity index (χ0n) is 10.9. The molecule has 100 valence electrons. The minimum absolute atomic E-state index is 0.172. The fourth-order valence-corrected chi connectivity index (χ4v) is 2.20. The molecule has 2 aromatic rings. The van der Waals surface area contributed by atoms with Gasteiger partial charge in [-0.25, -0.2) is 0 Å². The van der Waals surface area contributed by atoms with E-state index in [4.69, 9.17) is 0 Å². The lowest BCUT2D eigenvalue weighted by Crippen LogP contribution is -2.07. The third kappa shape index (κ3) is 2.81. The predicted octanol–water partition coefficient (Wildman–Crippen LogP) is 3.67. The second kappa shape index (κ2) is 5.94. The number of aromatic hydroxyl groups is 2. The zero-order valence-corrected chi connectivity index (χ0v) is 10.9. The summed E-state index contributed by atoms with van der Waals surface area (Å²) in [7, 11) is 0. The summed E-state index contributed by atoms with van der Waals surface area (Å²) < 4.78 is 0. The Hall–Kier alpha value is -2.73. The third-order valence-electron chi connectivity index (χ3n) is 3.28. The summed E-state index contributed by atoms with van der Waals surface area (Å²) in [5.74, 6) is -0.206. The zero-order chi connectivity index (χ0) is 14.5. The van der Waals surface area contributed by atoms with Crippen molar-refractivity contribution < 1.29 is 10.2 Å². The normalized spacial score (nSPS) is 13.2. The van der Waals surface area contributed by atoms with Gasteiger partial charge in [-0.05, 0) is 35.4 Å². The van der Waals surface area contributed by atoms with E-state index in [9.17, 15) is 15.5 Å². The van der Waals surface area contributed by atoms with Crippen LogP contribution in [-0.2, 0) is 0 Å². The van der Waals surface area contributed by atoms with Crippen molar-refractivity contribution in [1.82, 2.24) is 0 Å². The van der Waals surface area contributed by atoms with Gasteiger partial charge in [0.05, 0.1) is 12.0 Å². The predicted molar refractivity (Wildman–Crippen MR) is 77.5 cm³/mol. The first-order valence-electron chi connectivity index (χ1n) is 6.25. The van der Waals surface area contributed by atoms with Crippen molar-refractivity contribution in [1.29, 1.82) is 5.26 Å². The highest BCUT2D eigenvalue weighted by Crippen LogP contribution is 2.34. The van der Waals surface area contributed by atoms with Gasteiger partial charge in [0, 0.05) is 5.92 Å². The molecule has 2 aromatic carbocycles. The first-order valence-corrected chi connectivity index (χ1v) is 6.25. The average Bonchev–Trinajstić information content (AvgIpc) is 2.47. The number of nitrogens with zero attached hydrogens (tertiary/aromatic N) is 1. The number of phenols is 2.